The van der Waals surface area contributed by atoms with Crippen LogP contribution in [0, 0.1) is 0 Å². The second-order valence-electron chi connectivity index (χ2n) is 4.58. The summed E-state index contributed by atoms with van der Waals surface area (Å²) in [5.41, 5.74) is 1.49. The van der Waals surface area contributed by atoms with Gasteiger partial charge in [0.1, 0.15) is 0 Å². The number of hydrogen-bond donors (Lipinski definition) is 2. The fourth-order valence-corrected chi connectivity index (χ4v) is 2.18. The van der Waals surface area contributed by atoms with E-state index in [4.69, 9.17) is 12.2 Å². The number of aliphatic imine (C=N–C) groups is 1. The van der Waals surface area contributed by atoms with Gasteiger partial charge >= 0.3 is 6.09 Å². The average molecular weight is 306 g/mol. The number of amides is 1. The number of carbonyl (C=O) groups excluding carboxylic acids is 1. The van der Waals surface area contributed by atoms with Gasteiger partial charge in [-0.05, 0) is 37.2 Å². The van der Waals surface area contributed by atoms with Gasteiger partial charge in [-0.3, -0.25) is 5.32 Å². The van der Waals surface area contributed by atoms with Gasteiger partial charge in [0.15, 0.2) is 5.11 Å². The summed E-state index contributed by atoms with van der Waals surface area (Å²) in [5.74, 6) is 0. The lowest BCUT2D eigenvalue weighted by molar-refractivity contribution is 0.177. The molecule has 1 fully saturated rings. The van der Waals surface area contributed by atoms with E-state index in [-0.39, 0.29) is 5.11 Å². The van der Waals surface area contributed by atoms with Crippen LogP contribution in [0.1, 0.15) is 12.8 Å². The Morgan fingerprint density at radius 3 is 2.81 bits per heavy atom. The Bertz CT molecular complexity index is 542. The third-order valence-corrected chi connectivity index (χ3v) is 3.26. The minimum Gasteiger partial charge on any atom is -0.453 e. The maximum absolute atomic E-state index is 11.1. The Morgan fingerprint density at radius 1 is 1.38 bits per heavy atom. The van der Waals surface area contributed by atoms with E-state index in [0.29, 0.717) is 0 Å². The normalized spacial score (nSPS) is 14.2. The molecule has 0 aromatic heterocycles. The van der Waals surface area contributed by atoms with Crippen molar-refractivity contribution in [2.75, 3.05) is 25.5 Å². The molecule has 0 atom stereocenters. The summed E-state index contributed by atoms with van der Waals surface area (Å²) in [4.78, 5) is 17.8. The molecule has 1 amide bonds. The summed E-state index contributed by atoms with van der Waals surface area (Å²) in [6.45, 7) is 2.09. The molecule has 1 heterocycles. The molecule has 0 radical (unpaired) electrons. The van der Waals surface area contributed by atoms with Crippen LogP contribution in [-0.4, -0.2) is 42.6 Å². The van der Waals surface area contributed by atoms with Crippen molar-refractivity contribution in [1.29, 1.82) is 0 Å². The van der Waals surface area contributed by atoms with Crippen molar-refractivity contribution < 1.29 is 9.53 Å². The second kappa shape index (κ2) is 7.58. The smallest absolute Gasteiger partial charge is 0.413 e. The molecule has 0 aliphatic carbocycles. The minimum atomic E-state index is -0.606. The van der Waals surface area contributed by atoms with Gasteiger partial charge in [-0.15, -0.1) is 0 Å². The number of nitrogens with zero attached hydrogens (tertiary/aromatic N) is 2. The number of anilines is 1. The minimum absolute atomic E-state index is 0.172. The molecule has 6 nitrogen and oxygen atoms in total. The van der Waals surface area contributed by atoms with Gasteiger partial charge in [0.05, 0.1) is 24.8 Å². The molecule has 0 saturated carbocycles. The Labute approximate surface area is 129 Å². The molecule has 1 aliphatic heterocycles. The molecule has 0 bridgehead atoms. The van der Waals surface area contributed by atoms with E-state index < -0.39 is 6.09 Å². The number of nitrogens with one attached hydrogen (secondary N) is 2. The summed E-state index contributed by atoms with van der Waals surface area (Å²) < 4.78 is 4.49. The molecule has 1 aromatic rings. The highest BCUT2D eigenvalue weighted by Gasteiger charge is 2.09. The molecule has 1 aliphatic rings. The standard InChI is InChI=1S/C14H18N4O2S/c1-20-14(19)17-13(21)16-12-7-3-2-6-11(12)15-10-18-8-4-5-9-18/h2-3,6-7,10H,4-5,8-9H2,1H3,(H2,16,17,19,21). The maximum atomic E-state index is 11.1. The van der Waals surface area contributed by atoms with Crippen LogP contribution in [0.4, 0.5) is 16.2 Å². The molecule has 7 heteroatoms. The van der Waals surface area contributed by atoms with Crippen LogP contribution in [0.5, 0.6) is 0 Å². The molecule has 0 unspecified atom stereocenters. The molecule has 112 valence electrons. The van der Waals surface area contributed by atoms with Crippen molar-refractivity contribution in [3.8, 4) is 0 Å². The van der Waals surface area contributed by atoms with Gasteiger partial charge in [-0.1, -0.05) is 12.1 Å². The molecule has 1 aromatic carbocycles. The van der Waals surface area contributed by atoms with Crippen LogP contribution in [-0.2, 0) is 4.74 Å². The number of ether oxygens (including phenoxy) is 1. The Morgan fingerprint density at radius 2 is 2.10 bits per heavy atom. The number of carbonyl (C=O) groups is 1. The first kappa shape index (κ1) is 15.2. The number of benzene rings is 1. The zero-order valence-electron chi connectivity index (χ0n) is 11.8. The van der Waals surface area contributed by atoms with E-state index in [2.05, 4.69) is 25.3 Å². The highest BCUT2D eigenvalue weighted by Crippen LogP contribution is 2.24. The summed E-state index contributed by atoms with van der Waals surface area (Å²) in [5, 5.41) is 5.51. The van der Waals surface area contributed by atoms with Crippen LogP contribution >= 0.6 is 12.2 Å². The predicted molar refractivity (Wildman–Crippen MR) is 87.2 cm³/mol. The van der Waals surface area contributed by atoms with Crippen LogP contribution < -0.4 is 10.6 Å². The van der Waals surface area contributed by atoms with Crippen LogP contribution in [0.3, 0.4) is 0 Å². The van der Waals surface area contributed by atoms with E-state index in [1.807, 2.05) is 30.6 Å². The van der Waals surface area contributed by atoms with E-state index in [0.717, 1.165) is 24.5 Å². The number of rotatable bonds is 3. The first-order valence-electron chi connectivity index (χ1n) is 6.72. The van der Waals surface area contributed by atoms with Gasteiger partial charge in [0.25, 0.3) is 0 Å². The number of methoxy groups -OCH3 is 1. The van der Waals surface area contributed by atoms with Crippen LogP contribution in [0.15, 0.2) is 29.3 Å². The lowest BCUT2D eigenvalue weighted by Crippen LogP contribution is -2.33. The lowest BCUT2D eigenvalue weighted by Gasteiger charge is -2.12. The number of alkyl carbamates (subject to hydrolysis) is 1. The van der Waals surface area contributed by atoms with Gasteiger partial charge < -0.3 is 15.0 Å². The van der Waals surface area contributed by atoms with Gasteiger partial charge in [-0.2, -0.15) is 0 Å². The fraction of sp³-hybridized carbons (Fsp3) is 0.357. The molecular weight excluding hydrogens is 288 g/mol. The third-order valence-electron chi connectivity index (χ3n) is 3.05. The van der Waals surface area contributed by atoms with Gasteiger partial charge in [0.2, 0.25) is 0 Å². The first-order chi connectivity index (χ1) is 10.2. The summed E-state index contributed by atoms with van der Waals surface area (Å²) in [7, 11) is 1.28. The van der Waals surface area contributed by atoms with Crippen molar-refractivity contribution >= 4 is 41.1 Å². The lowest BCUT2D eigenvalue weighted by atomic mass is 10.3. The maximum Gasteiger partial charge on any atom is 0.413 e. The largest absolute Gasteiger partial charge is 0.453 e. The summed E-state index contributed by atoms with van der Waals surface area (Å²) in [6, 6.07) is 7.51. The van der Waals surface area contributed by atoms with Crippen molar-refractivity contribution in [3.63, 3.8) is 0 Å². The zero-order valence-corrected chi connectivity index (χ0v) is 12.7. The Hall–Kier alpha value is -2.15. The van der Waals surface area contributed by atoms with Crippen LogP contribution in [0.25, 0.3) is 0 Å². The van der Waals surface area contributed by atoms with Crippen molar-refractivity contribution in [2.45, 2.75) is 12.8 Å². The SMILES string of the molecule is COC(=O)NC(=S)Nc1ccccc1N=CN1CCCC1. The quantitative estimate of drug-likeness (QED) is 0.510. The van der Waals surface area contributed by atoms with Crippen molar-refractivity contribution in [1.82, 2.24) is 10.2 Å². The second-order valence-corrected chi connectivity index (χ2v) is 4.98. The van der Waals surface area contributed by atoms with Crippen molar-refractivity contribution in [3.05, 3.63) is 24.3 Å². The molecule has 2 N–H and O–H groups in total. The topological polar surface area (TPSA) is 66.0 Å². The Balaban J connectivity index is 2.02. The third kappa shape index (κ3) is 4.71. The van der Waals surface area contributed by atoms with E-state index in [1.165, 1.54) is 20.0 Å². The Kier molecular flexibility index (Phi) is 5.51. The number of thiocarbonyl (C=S) groups is 1. The van der Waals surface area contributed by atoms with Gasteiger partial charge in [-0.25, -0.2) is 9.79 Å². The predicted octanol–water partition coefficient (Wildman–Crippen LogP) is 2.50. The number of para-hydroxylation sites is 2. The van der Waals surface area contributed by atoms with E-state index in [1.54, 1.807) is 0 Å². The number of likely N-dealkylation sites (tertiary alicyclic amines) is 1. The highest BCUT2D eigenvalue weighted by atomic mass is 32.1. The van der Waals surface area contributed by atoms with Crippen LogP contribution in [0.2, 0.25) is 0 Å². The highest BCUT2D eigenvalue weighted by molar-refractivity contribution is 7.80. The molecule has 21 heavy (non-hydrogen) atoms. The molecule has 0 spiro atoms. The first-order valence-corrected chi connectivity index (χ1v) is 7.13. The monoisotopic (exact) mass is 306 g/mol. The van der Waals surface area contributed by atoms with E-state index in [9.17, 15) is 4.79 Å². The average Bonchev–Trinajstić information content (AvgIpc) is 2.99. The van der Waals surface area contributed by atoms with Crippen molar-refractivity contribution in [2.24, 2.45) is 4.99 Å². The van der Waals surface area contributed by atoms with Gasteiger partial charge in [0, 0.05) is 13.1 Å². The molecule has 1 saturated heterocycles. The molecular formula is C14H18N4O2S. The summed E-state index contributed by atoms with van der Waals surface area (Å²) >= 11 is 5.04. The summed E-state index contributed by atoms with van der Waals surface area (Å²) in [6.07, 6.45) is 3.66. The fourth-order valence-electron chi connectivity index (χ4n) is 1.99. The molecule has 2 rings (SSSR count). The van der Waals surface area contributed by atoms with E-state index >= 15 is 0 Å². The zero-order chi connectivity index (χ0) is 15.1. The number of hydrogen-bond acceptors (Lipinski definition) is 4.